The van der Waals surface area contributed by atoms with E-state index in [1.165, 1.54) is 57.7 Å². The number of fused-ring (bicyclic) bond motifs is 2. The van der Waals surface area contributed by atoms with Crippen LogP contribution in [0.5, 0.6) is 40.2 Å². The maximum Gasteiger partial charge on any atom is 0.336 e. The number of carbonyl (C=O) groups is 3. The highest BCUT2D eigenvalue weighted by atomic mass is 16.5. The molecule has 0 amide bonds. The highest BCUT2D eigenvalue weighted by molar-refractivity contribution is 6.00. The van der Waals surface area contributed by atoms with Gasteiger partial charge in [-0.2, -0.15) is 0 Å². The first-order valence-electron chi connectivity index (χ1n) is 17.8. The van der Waals surface area contributed by atoms with Gasteiger partial charge in [-0.15, -0.1) is 0 Å². The first-order chi connectivity index (χ1) is 26.8. The molecule has 0 spiro atoms. The summed E-state index contributed by atoms with van der Waals surface area (Å²) in [6, 6.07) is 11.7. The van der Waals surface area contributed by atoms with Crippen LogP contribution in [0.1, 0.15) is 95.6 Å². The van der Waals surface area contributed by atoms with Crippen molar-refractivity contribution in [2.45, 2.75) is 74.1 Å². The Hall–Kier alpha value is -6.51. The fourth-order valence-corrected chi connectivity index (χ4v) is 5.13. The number of phenols is 4. The van der Waals surface area contributed by atoms with Crippen LogP contribution < -0.4 is 25.5 Å². The van der Waals surface area contributed by atoms with Crippen molar-refractivity contribution in [1.29, 1.82) is 0 Å². The Bertz CT molecular complexity index is 2280. The molecule has 0 aliphatic rings. The number of methoxy groups -OCH3 is 3. The average molecular weight is 811 g/mol. The minimum Gasteiger partial charge on any atom is -0.508 e. The zero-order valence-corrected chi connectivity index (χ0v) is 33.6. The third-order valence-corrected chi connectivity index (χ3v) is 8.13. The molecule has 2 heterocycles. The van der Waals surface area contributed by atoms with Crippen molar-refractivity contribution in [2.75, 3.05) is 27.9 Å². The Kier molecular flexibility index (Phi) is 19.5. The summed E-state index contributed by atoms with van der Waals surface area (Å²) in [7, 11) is 4.32. The van der Waals surface area contributed by atoms with Gasteiger partial charge in [-0.3, -0.25) is 14.4 Å². The van der Waals surface area contributed by atoms with Crippen LogP contribution in [0.2, 0.25) is 0 Å². The SMILES string of the molecule is C.CCOC(=O)CC(=O)C(C)C.COc1cc2c(C(C)C)cc(=O)oc2c(C=O)c1O.COc1cc2c(C(C)C)cc(=O)oc2cc1O.COc1ccc(O)cc1O. The summed E-state index contributed by atoms with van der Waals surface area (Å²) in [5, 5.41) is 38.7. The molecule has 5 aromatic rings. The van der Waals surface area contributed by atoms with Gasteiger partial charge in [0.25, 0.3) is 0 Å². The van der Waals surface area contributed by atoms with E-state index in [1.54, 1.807) is 32.9 Å². The molecule has 0 saturated heterocycles. The molecule has 0 atom stereocenters. The van der Waals surface area contributed by atoms with E-state index in [0.29, 0.717) is 35.4 Å². The lowest BCUT2D eigenvalue weighted by molar-refractivity contribution is -0.146. The molecule has 0 aliphatic heterocycles. The standard InChI is InChI=1S/C14H14O5.C13H14O4.C8H14O3.C7H8O3.CH4/c1-7(2)8-5-12(16)19-14-9(8)4-11(18-3)13(17)10(14)6-15;1-7(2)8-5-13(15)17-11-6-10(14)12(16-3)4-9(8)11;1-4-11-8(10)5-7(9)6(2)3;1-10-7-3-2-5(8)4-6(7)9;/h4-7,17H,1-3H3;4-7,14H,1-3H3;6H,4-5H2,1-3H3;2-4,8-9H,1H3;1H4. The van der Waals surface area contributed by atoms with Crippen LogP contribution in [0.4, 0.5) is 0 Å². The molecule has 0 saturated carbocycles. The number of esters is 1. The Labute approximate surface area is 336 Å². The Balaban J connectivity index is 0.000000398. The van der Waals surface area contributed by atoms with Gasteiger partial charge < -0.3 is 48.2 Å². The number of phenolic OH excluding ortho intramolecular Hbond substituents is 4. The number of benzene rings is 3. The lowest BCUT2D eigenvalue weighted by atomic mass is 9.97. The molecule has 58 heavy (non-hydrogen) atoms. The second-order valence-electron chi connectivity index (χ2n) is 13.2. The van der Waals surface area contributed by atoms with E-state index >= 15 is 0 Å². The zero-order valence-electron chi connectivity index (χ0n) is 33.6. The zero-order chi connectivity index (χ0) is 43.1. The van der Waals surface area contributed by atoms with Gasteiger partial charge in [0.1, 0.15) is 29.1 Å². The number of hydrogen-bond donors (Lipinski definition) is 4. The predicted molar refractivity (Wildman–Crippen MR) is 219 cm³/mol. The van der Waals surface area contributed by atoms with Crippen LogP contribution in [0, 0.1) is 5.92 Å². The van der Waals surface area contributed by atoms with E-state index in [1.807, 2.05) is 27.7 Å². The molecule has 2 aromatic heterocycles. The van der Waals surface area contributed by atoms with Gasteiger partial charge in [0.2, 0.25) is 0 Å². The van der Waals surface area contributed by atoms with Gasteiger partial charge >= 0.3 is 17.2 Å². The second kappa shape index (κ2) is 22.9. The summed E-state index contributed by atoms with van der Waals surface area (Å²) >= 11 is 0. The fraction of sp³-hybridized carbons (Fsp3) is 0.372. The van der Waals surface area contributed by atoms with Crippen LogP contribution in [0.3, 0.4) is 0 Å². The average Bonchev–Trinajstić information content (AvgIpc) is 3.14. The molecule has 0 fully saturated rings. The third kappa shape index (κ3) is 13.3. The maximum absolute atomic E-state index is 11.5. The molecule has 3 aromatic carbocycles. The molecular formula is C43H54O15. The topological polar surface area (TPSA) is 229 Å². The summed E-state index contributed by atoms with van der Waals surface area (Å²) in [4.78, 5) is 55.7. The largest absolute Gasteiger partial charge is 0.508 e. The second-order valence-corrected chi connectivity index (χ2v) is 13.2. The normalized spacial score (nSPS) is 10.3. The van der Waals surface area contributed by atoms with E-state index < -0.39 is 17.2 Å². The fourth-order valence-electron chi connectivity index (χ4n) is 5.13. The van der Waals surface area contributed by atoms with Crippen LogP contribution >= 0.6 is 0 Å². The summed E-state index contributed by atoms with van der Waals surface area (Å²) in [5.74, 6) is 0.195. The van der Waals surface area contributed by atoms with Crippen molar-refractivity contribution < 1.29 is 62.6 Å². The summed E-state index contributed by atoms with van der Waals surface area (Å²) < 4.78 is 29.5. The lowest BCUT2D eigenvalue weighted by Crippen LogP contribution is -2.15. The minimum absolute atomic E-state index is 0. The van der Waals surface area contributed by atoms with Crippen molar-refractivity contribution in [3.63, 3.8) is 0 Å². The molecule has 15 nitrogen and oxygen atoms in total. The third-order valence-electron chi connectivity index (χ3n) is 8.13. The molecule has 4 N–H and O–H groups in total. The first-order valence-corrected chi connectivity index (χ1v) is 17.8. The van der Waals surface area contributed by atoms with E-state index in [2.05, 4.69) is 4.74 Å². The Morgan fingerprint density at radius 3 is 1.71 bits per heavy atom. The van der Waals surface area contributed by atoms with Gasteiger partial charge in [-0.1, -0.05) is 49.0 Å². The van der Waals surface area contributed by atoms with Crippen LogP contribution in [0.15, 0.2) is 67.0 Å². The minimum atomic E-state index is -0.552. The number of ketones is 1. The van der Waals surface area contributed by atoms with Gasteiger partial charge in [-0.05, 0) is 54.2 Å². The summed E-state index contributed by atoms with van der Waals surface area (Å²) in [6.45, 7) is 13.4. The van der Waals surface area contributed by atoms with Crippen LogP contribution in [-0.4, -0.2) is 66.4 Å². The predicted octanol–water partition coefficient (Wildman–Crippen LogP) is 7.98. The number of ether oxygens (including phenoxy) is 4. The molecule has 0 unspecified atom stereocenters. The van der Waals surface area contributed by atoms with Gasteiger partial charge in [0.15, 0.2) is 46.4 Å². The molecule has 0 aliphatic carbocycles. The monoisotopic (exact) mass is 810 g/mol. The highest BCUT2D eigenvalue weighted by Gasteiger charge is 2.19. The Morgan fingerprint density at radius 2 is 1.22 bits per heavy atom. The van der Waals surface area contributed by atoms with Gasteiger partial charge in [0.05, 0.1) is 27.9 Å². The lowest BCUT2D eigenvalue weighted by Gasteiger charge is -2.12. The van der Waals surface area contributed by atoms with Crippen LogP contribution in [-0.2, 0) is 14.3 Å². The Morgan fingerprint density at radius 1 is 0.707 bits per heavy atom. The van der Waals surface area contributed by atoms with Crippen molar-refractivity contribution in [3.8, 4) is 40.2 Å². The number of hydrogen-bond acceptors (Lipinski definition) is 15. The number of Topliss-reactive ketones (excluding diaryl/α,β-unsaturated/α-hetero) is 1. The molecule has 0 bridgehead atoms. The number of aldehydes is 1. The van der Waals surface area contributed by atoms with E-state index in [0.717, 1.165) is 16.5 Å². The quantitative estimate of drug-likeness (QED) is 0.0453. The van der Waals surface area contributed by atoms with Crippen molar-refractivity contribution in [3.05, 3.63) is 86.1 Å². The molecule has 316 valence electrons. The smallest absolute Gasteiger partial charge is 0.336 e. The van der Waals surface area contributed by atoms with E-state index in [-0.39, 0.29) is 77.3 Å². The number of rotatable bonds is 10. The van der Waals surface area contributed by atoms with E-state index in [9.17, 15) is 34.2 Å². The van der Waals surface area contributed by atoms with Gasteiger partial charge in [-0.25, -0.2) is 9.59 Å². The summed E-state index contributed by atoms with van der Waals surface area (Å²) in [6.07, 6.45) is 0.360. The molecule has 15 heteroatoms. The molecule has 0 radical (unpaired) electrons. The summed E-state index contributed by atoms with van der Waals surface area (Å²) in [5.41, 5.74) is 1.05. The number of carbonyl (C=O) groups excluding carboxylic acids is 3. The first kappa shape index (κ1) is 49.5. The van der Waals surface area contributed by atoms with Gasteiger partial charge in [0, 0.05) is 41.0 Å². The number of aromatic hydroxyl groups is 4. The van der Waals surface area contributed by atoms with Crippen molar-refractivity contribution in [1.82, 2.24) is 0 Å². The van der Waals surface area contributed by atoms with Crippen LogP contribution in [0.25, 0.3) is 21.9 Å². The van der Waals surface area contributed by atoms with E-state index in [4.69, 9.17) is 33.3 Å². The highest BCUT2D eigenvalue weighted by Crippen LogP contribution is 2.38. The van der Waals surface area contributed by atoms with Crippen molar-refractivity contribution >= 4 is 40.0 Å². The molecule has 5 rings (SSSR count). The van der Waals surface area contributed by atoms with Crippen molar-refractivity contribution in [2.24, 2.45) is 5.92 Å². The maximum atomic E-state index is 11.5. The molecular weight excluding hydrogens is 756 g/mol.